The van der Waals surface area contributed by atoms with Crippen molar-refractivity contribution in [2.45, 2.75) is 29.1 Å². The molecule has 0 amide bonds. The predicted molar refractivity (Wildman–Crippen MR) is 123 cm³/mol. The average molecular weight is 418 g/mol. The van der Waals surface area contributed by atoms with E-state index in [-0.39, 0.29) is 10.6 Å². The number of anilines is 1. The quantitative estimate of drug-likeness (QED) is 0.261. The van der Waals surface area contributed by atoms with Gasteiger partial charge in [-0.05, 0) is 73.4 Å². The van der Waals surface area contributed by atoms with Crippen LogP contribution in [-0.4, -0.2) is 24.2 Å². The number of hydrogen-bond donors (Lipinski definition) is 0. The first-order valence-corrected chi connectivity index (χ1v) is 10.9. The highest BCUT2D eigenvalue weighted by molar-refractivity contribution is 7.99. The van der Waals surface area contributed by atoms with Crippen LogP contribution in [0.2, 0.25) is 0 Å². The fourth-order valence-corrected chi connectivity index (χ4v) is 4.26. The highest BCUT2D eigenvalue weighted by Gasteiger charge is 2.10. The van der Waals surface area contributed by atoms with Crippen LogP contribution in [0.1, 0.15) is 24.8 Å². The van der Waals surface area contributed by atoms with Gasteiger partial charge in [0.25, 0.3) is 5.69 Å². The molecular formula is C24H23N3O2S. The Hall–Kier alpha value is -3.12. The Morgan fingerprint density at radius 1 is 0.833 bits per heavy atom. The molecule has 0 saturated carbocycles. The smallest absolute Gasteiger partial charge is 0.269 e. The number of nitro benzene ring substituents is 1. The van der Waals surface area contributed by atoms with E-state index in [1.54, 1.807) is 23.9 Å². The first-order valence-electron chi connectivity index (χ1n) is 10.1. The second kappa shape index (κ2) is 9.59. The van der Waals surface area contributed by atoms with Crippen LogP contribution in [0.25, 0.3) is 0 Å². The topological polar surface area (TPSA) is 58.7 Å². The van der Waals surface area contributed by atoms with Gasteiger partial charge in [-0.25, -0.2) is 0 Å². The zero-order valence-corrected chi connectivity index (χ0v) is 17.4. The molecular weight excluding hydrogens is 394 g/mol. The summed E-state index contributed by atoms with van der Waals surface area (Å²) < 4.78 is 0. The predicted octanol–water partition coefficient (Wildman–Crippen LogP) is 6.49. The Morgan fingerprint density at radius 3 is 2.03 bits per heavy atom. The van der Waals surface area contributed by atoms with Crippen LogP contribution < -0.4 is 4.90 Å². The summed E-state index contributed by atoms with van der Waals surface area (Å²) in [7, 11) is 0. The highest BCUT2D eigenvalue weighted by atomic mass is 32.2. The van der Waals surface area contributed by atoms with Crippen LogP contribution in [0.15, 0.2) is 87.6 Å². The van der Waals surface area contributed by atoms with Crippen molar-refractivity contribution in [3.05, 3.63) is 88.5 Å². The lowest BCUT2D eigenvalue weighted by Crippen LogP contribution is -2.29. The van der Waals surface area contributed by atoms with Crippen molar-refractivity contribution in [1.29, 1.82) is 0 Å². The molecule has 0 radical (unpaired) electrons. The largest absolute Gasteiger partial charge is 0.372 e. The maximum absolute atomic E-state index is 10.7. The van der Waals surface area contributed by atoms with Gasteiger partial charge in [-0.3, -0.25) is 15.1 Å². The number of nitro groups is 1. The molecule has 1 heterocycles. The number of benzene rings is 3. The molecule has 1 aliphatic rings. The fourth-order valence-electron chi connectivity index (χ4n) is 3.44. The van der Waals surface area contributed by atoms with E-state index in [4.69, 9.17) is 0 Å². The van der Waals surface area contributed by atoms with Crippen LogP contribution in [0, 0.1) is 10.1 Å². The molecule has 4 rings (SSSR count). The maximum Gasteiger partial charge on any atom is 0.269 e. The summed E-state index contributed by atoms with van der Waals surface area (Å²) >= 11 is 1.57. The Kier molecular flexibility index (Phi) is 6.44. The number of piperidine rings is 1. The Labute approximate surface area is 180 Å². The molecule has 0 atom stereocenters. The van der Waals surface area contributed by atoms with Crippen LogP contribution >= 0.6 is 11.8 Å². The van der Waals surface area contributed by atoms with Crippen molar-refractivity contribution in [3.63, 3.8) is 0 Å². The van der Waals surface area contributed by atoms with Crippen molar-refractivity contribution in [2.75, 3.05) is 18.0 Å². The van der Waals surface area contributed by atoms with Gasteiger partial charge in [0.05, 0.1) is 10.6 Å². The van der Waals surface area contributed by atoms with E-state index < -0.39 is 0 Å². The zero-order chi connectivity index (χ0) is 20.8. The molecule has 0 spiro atoms. The molecule has 3 aromatic rings. The summed E-state index contributed by atoms with van der Waals surface area (Å²) in [6.45, 7) is 2.30. The monoisotopic (exact) mass is 417 g/mol. The molecule has 0 N–H and O–H groups in total. The molecule has 6 heteroatoms. The van der Waals surface area contributed by atoms with Gasteiger partial charge >= 0.3 is 0 Å². The average Bonchev–Trinajstić information content (AvgIpc) is 2.80. The molecule has 0 aromatic heterocycles. The van der Waals surface area contributed by atoms with E-state index in [1.807, 2.05) is 30.5 Å². The van der Waals surface area contributed by atoms with E-state index in [2.05, 4.69) is 34.2 Å². The van der Waals surface area contributed by atoms with Crippen molar-refractivity contribution in [3.8, 4) is 0 Å². The number of hydrogen-bond acceptors (Lipinski definition) is 5. The minimum atomic E-state index is -0.386. The first-order chi connectivity index (χ1) is 14.7. The van der Waals surface area contributed by atoms with Crippen molar-refractivity contribution >= 4 is 35.0 Å². The Balaban J connectivity index is 1.35. The van der Waals surface area contributed by atoms with Gasteiger partial charge in [-0.1, -0.05) is 23.9 Å². The molecule has 30 heavy (non-hydrogen) atoms. The van der Waals surface area contributed by atoms with Crippen LogP contribution in [0.4, 0.5) is 17.1 Å². The standard InChI is InChI=1S/C24H23N3O2S/c28-27(29)22-10-14-24(15-11-22)30-23-12-6-20(7-13-23)25-18-19-4-8-21(9-5-19)26-16-2-1-3-17-26/h4-15,18H,1-3,16-17H2. The van der Waals surface area contributed by atoms with Gasteiger partial charge in [0.2, 0.25) is 0 Å². The molecule has 0 bridgehead atoms. The summed E-state index contributed by atoms with van der Waals surface area (Å²) in [5.74, 6) is 0. The molecule has 1 saturated heterocycles. The van der Waals surface area contributed by atoms with Crippen molar-refractivity contribution < 1.29 is 4.92 Å². The molecule has 3 aromatic carbocycles. The number of rotatable bonds is 6. The van der Waals surface area contributed by atoms with E-state index in [0.29, 0.717) is 0 Å². The van der Waals surface area contributed by atoms with Gasteiger partial charge in [-0.15, -0.1) is 0 Å². The molecule has 0 aliphatic carbocycles. The Morgan fingerprint density at radius 2 is 1.43 bits per heavy atom. The third-order valence-corrected chi connectivity index (χ3v) is 6.11. The minimum absolute atomic E-state index is 0.105. The summed E-state index contributed by atoms with van der Waals surface area (Å²) in [6, 6.07) is 23.2. The van der Waals surface area contributed by atoms with Gasteiger partial charge in [0.15, 0.2) is 0 Å². The highest BCUT2D eigenvalue weighted by Crippen LogP contribution is 2.30. The lowest BCUT2D eigenvalue weighted by Gasteiger charge is -2.28. The van der Waals surface area contributed by atoms with E-state index >= 15 is 0 Å². The van der Waals surface area contributed by atoms with Gasteiger partial charge in [-0.2, -0.15) is 0 Å². The zero-order valence-electron chi connectivity index (χ0n) is 16.6. The SMILES string of the molecule is O=[N+]([O-])c1ccc(Sc2ccc(N=Cc3ccc(N4CCCCC4)cc3)cc2)cc1. The van der Waals surface area contributed by atoms with Crippen LogP contribution in [0.3, 0.4) is 0 Å². The molecule has 0 unspecified atom stereocenters. The summed E-state index contributed by atoms with van der Waals surface area (Å²) in [5, 5.41) is 10.7. The van der Waals surface area contributed by atoms with E-state index in [0.717, 1.165) is 34.1 Å². The maximum atomic E-state index is 10.7. The third kappa shape index (κ3) is 5.27. The fraction of sp³-hybridized carbons (Fsp3) is 0.208. The minimum Gasteiger partial charge on any atom is -0.372 e. The lowest BCUT2D eigenvalue weighted by molar-refractivity contribution is -0.384. The van der Waals surface area contributed by atoms with Crippen LogP contribution in [0.5, 0.6) is 0 Å². The normalized spacial score (nSPS) is 14.2. The van der Waals surface area contributed by atoms with Gasteiger partial charge < -0.3 is 4.90 Å². The second-order valence-electron chi connectivity index (χ2n) is 7.24. The van der Waals surface area contributed by atoms with E-state index in [9.17, 15) is 10.1 Å². The molecule has 152 valence electrons. The first kappa shape index (κ1) is 20.2. The Bertz CT molecular complexity index is 1010. The number of non-ortho nitro benzene ring substituents is 1. The summed E-state index contributed by atoms with van der Waals surface area (Å²) in [4.78, 5) is 19.4. The van der Waals surface area contributed by atoms with E-state index in [1.165, 1.54) is 37.1 Å². The molecule has 1 aliphatic heterocycles. The second-order valence-corrected chi connectivity index (χ2v) is 8.39. The summed E-state index contributed by atoms with van der Waals surface area (Å²) in [6.07, 6.45) is 5.79. The lowest BCUT2D eigenvalue weighted by atomic mass is 10.1. The summed E-state index contributed by atoms with van der Waals surface area (Å²) in [5.41, 5.74) is 3.37. The number of aliphatic imine (C=N–C) groups is 1. The van der Waals surface area contributed by atoms with Gasteiger partial charge in [0.1, 0.15) is 0 Å². The van der Waals surface area contributed by atoms with Crippen molar-refractivity contribution in [2.24, 2.45) is 4.99 Å². The van der Waals surface area contributed by atoms with Crippen LogP contribution in [-0.2, 0) is 0 Å². The third-order valence-electron chi connectivity index (χ3n) is 5.10. The molecule has 1 fully saturated rings. The number of nitrogens with zero attached hydrogens (tertiary/aromatic N) is 3. The van der Waals surface area contributed by atoms with Gasteiger partial charge in [0, 0.05) is 46.9 Å². The van der Waals surface area contributed by atoms with Crippen molar-refractivity contribution in [1.82, 2.24) is 0 Å². The molecule has 5 nitrogen and oxygen atoms in total.